The van der Waals surface area contributed by atoms with Crippen LogP contribution >= 0.6 is 0 Å². The van der Waals surface area contributed by atoms with Gasteiger partial charge in [-0.3, -0.25) is 0 Å². The Kier molecular flexibility index (Phi) is 6.39. The summed E-state index contributed by atoms with van der Waals surface area (Å²) in [5, 5.41) is 3.72. The van der Waals surface area contributed by atoms with Gasteiger partial charge in [0.15, 0.2) is 0 Å². The molecule has 0 spiro atoms. The standard InChI is InChI=1S/C17H32N2/c1-15(2)13-17-14-19(11-6-10-18-17)12-9-16-7-4-3-5-8-16/h7,15,17-18H,3-6,8-14H2,1-2H3. The molecule has 1 unspecified atom stereocenters. The maximum Gasteiger partial charge on any atom is 0.0197 e. The highest BCUT2D eigenvalue weighted by molar-refractivity contribution is 5.05. The lowest BCUT2D eigenvalue weighted by molar-refractivity contribution is 0.256. The van der Waals surface area contributed by atoms with E-state index in [2.05, 4.69) is 30.1 Å². The van der Waals surface area contributed by atoms with Gasteiger partial charge in [0.05, 0.1) is 0 Å². The Hall–Kier alpha value is -0.340. The number of allylic oxidation sites excluding steroid dienone is 1. The van der Waals surface area contributed by atoms with Crippen molar-refractivity contribution >= 4 is 0 Å². The van der Waals surface area contributed by atoms with Crippen LogP contribution in [0.5, 0.6) is 0 Å². The van der Waals surface area contributed by atoms with Gasteiger partial charge in [0, 0.05) is 19.1 Å². The van der Waals surface area contributed by atoms with Gasteiger partial charge in [-0.05, 0) is 64.0 Å². The average molecular weight is 264 g/mol. The van der Waals surface area contributed by atoms with Gasteiger partial charge in [-0.1, -0.05) is 25.5 Å². The van der Waals surface area contributed by atoms with E-state index >= 15 is 0 Å². The zero-order chi connectivity index (χ0) is 13.5. The lowest BCUT2D eigenvalue weighted by Crippen LogP contribution is -2.39. The fourth-order valence-electron chi connectivity index (χ4n) is 3.44. The summed E-state index contributed by atoms with van der Waals surface area (Å²) in [6.07, 6.45) is 12.0. The topological polar surface area (TPSA) is 15.3 Å². The molecule has 1 aliphatic carbocycles. The van der Waals surface area contributed by atoms with Crippen LogP contribution in [-0.2, 0) is 0 Å². The van der Waals surface area contributed by atoms with E-state index in [1.54, 1.807) is 5.57 Å². The van der Waals surface area contributed by atoms with Gasteiger partial charge in [-0.15, -0.1) is 0 Å². The van der Waals surface area contributed by atoms with Crippen LogP contribution in [0.15, 0.2) is 11.6 Å². The van der Waals surface area contributed by atoms with Gasteiger partial charge in [0.1, 0.15) is 0 Å². The highest BCUT2D eigenvalue weighted by atomic mass is 15.2. The molecule has 2 rings (SSSR count). The first kappa shape index (κ1) is 15.1. The number of rotatable bonds is 5. The second-order valence-corrected chi connectivity index (χ2v) is 6.79. The summed E-state index contributed by atoms with van der Waals surface area (Å²) in [6, 6.07) is 0.711. The first-order chi connectivity index (χ1) is 9.24. The van der Waals surface area contributed by atoms with Crippen LogP contribution in [0.4, 0.5) is 0 Å². The molecule has 1 heterocycles. The summed E-state index contributed by atoms with van der Waals surface area (Å²) >= 11 is 0. The maximum atomic E-state index is 3.72. The third-order valence-electron chi connectivity index (χ3n) is 4.45. The van der Waals surface area contributed by atoms with Crippen LogP contribution in [0.1, 0.15) is 58.8 Å². The normalized spacial score (nSPS) is 26.3. The van der Waals surface area contributed by atoms with Gasteiger partial charge in [0.25, 0.3) is 0 Å². The smallest absolute Gasteiger partial charge is 0.0197 e. The fraction of sp³-hybridized carbons (Fsp3) is 0.882. The van der Waals surface area contributed by atoms with Crippen LogP contribution in [0, 0.1) is 5.92 Å². The zero-order valence-corrected chi connectivity index (χ0v) is 13.0. The van der Waals surface area contributed by atoms with Crippen LogP contribution in [0.3, 0.4) is 0 Å². The van der Waals surface area contributed by atoms with Crippen LogP contribution in [-0.4, -0.2) is 37.1 Å². The second-order valence-electron chi connectivity index (χ2n) is 6.79. The molecule has 0 radical (unpaired) electrons. The number of nitrogens with one attached hydrogen (secondary N) is 1. The molecule has 1 saturated heterocycles. The monoisotopic (exact) mass is 264 g/mol. The molecule has 2 heteroatoms. The second kappa shape index (κ2) is 8.06. The molecule has 1 atom stereocenters. The van der Waals surface area contributed by atoms with Crippen molar-refractivity contribution in [2.45, 2.75) is 64.8 Å². The van der Waals surface area contributed by atoms with Gasteiger partial charge in [0.2, 0.25) is 0 Å². The molecule has 110 valence electrons. The Bertz CT molecular complexity index is 283. The molecular formula is C17H32N2. The minimum atomic E-state index is 0.711. The molecule has 19 heavy (non-hydrogen) atoms. The summed E-state index contributed by atoms with van der Waals surface area (Å²) in [5.74, 6) is 0.804. The average Bonchev–Trinajstić information content (AvgIpc) is 2.62. The Morgan fingerprint density at radius 2 is 2.21 bits per heavy atom. The molecule has 2 aliphatic rings. The third kappa shape index (κ3) is 5.66. The first-order valence-corrected chi connectivity index (χ1v) is 8.37. The molecule has 0 amide bonds. The van der Waals surface area contributed by atoms with Crippen molar-refractivity contribution in [3.63, 3.8) is 0 Å². The molecule has 0 bridgehead atoms. The van der Waals surface area contributed by atoms with E-state index in [-0.39, 0.29) is 0 Å². The predicted molar refractivity (Wildman–Crippen MR) is 83.5 cm³/mol. The van der Waals surface area contributed by atoms with E-state index in [0.717, 1.165) is 5.92 Å². The summed E-state index contributed by atoms with van der Waals surface area (Å²) < 4.78 is 0. The Labute approximate surface area is 119 Å². The van der Waals surface area contributed by atoms with E-state index in [4.69, 9.17) is 0 Å². The van der Waals surface area contributed by atoms with Crippen molar-refractivity contribution in [3.8, 4) is 0 Å². The maximum absolute atomic E-state index is 3.72. The van der Waals surface area contributed by atoms with E-state index in [9.17, 15) is 0 Å². The summed E-state index contributed by atoms with van der Waals surface area (Å²) in [7, 11) is 0. The molecule has 0 aromatic rings. The third-order valence-corrected chi connectivity index (χ3v) is 4.45. The number of hydrogen-bond donors (Lipinski definition) is 1. The van der Waals surface area contributed by atoms with Crippen LogP contribution in [0.25, 0.3) is 0 Å². The van der Waals surface area contributed by atoms with Gasteiger partial charge in [-0.25, -0.2) is 0 Å². The molecule has 1 aliphatic heterocycles. The summed E-state index contributed by atoms with van der Waals surface area (Å²) in [5.41, 5.74) is 1.73. The molecule has 0 aromatic carbocycles. The predicted octanol–water partition coefficient (Wildman–Crippen LogP) is 3.59. The quantitative estimate of drug-likeness (QED) is 0.763. The van der Waals surface area contributed by atoms with Crippen molar-refractivity contribution in [3.05, 3.63) is 11.6 Å². The molecule has 1 N–H and O–H groups in total. The highest BCUT2D eigenvalue weighted by Crippen LogP contribution is 2.20. The zero-order valence-electron chi connectivity index (χ0n) is 13.0. The molecule has 0 saturated carbocycles. The largest absolute Gasteiger partial charge is 0.313 e. The Morgan fingerprint density at radius 1 is 1.32 bits per heavy atom. The molecule has 0 aromatic heterocycles. The van der Waals surface area contributed by atoms with E-state index in [1.807, 2.05) is 0 Å². The van der Waals surface area contributed by atoms with E-state index in [0.29, 0.717) is 6.04 Å². The number of hydrogen-bond acceptors (Lipinski definition) is 2. The first-order valence-electron chi connectivity index (χ1n) is 8.37. The lowest BCUT2D eigenvalue weighted by Gasteiger charge is -2.26. The molecule has 2 nitrogen and oxygen atoms in total. The summed E-state index contributed by atoms with van der Waals surface area (Å²) in [4.78, 5) is 2.70. The minimum absolute atomic E-state index is 0.711. The van der Waals surface area contributed by atoms with Crippen molar-refractivity contribution in [1.29, 1.82) is 0 Å². The van der Waals surface area contributed by atoms with Crippen molar-refractivity contribution in [1.82, 2.24) is 10.2 Å². The van der Waals surface area contributed by atoms with Crippen LogP contribution in [0.2, 0.25) is 0 Å². The van der Waals surface area contributed by atoms with Gasteiger partial charge >= 0.3 is 0 Å². The number of nitrogens with zero attached hydrogens (tertiary/aromatic N) is 1. The Morgan fingerprint density at radius 3 is 2.95 bits per heavy atom. The summed E-state index contributed by atoms with van der Waals surface area (Å²) in [6.45, 7) is 9.70. The van der Waals surface area contributed by atoms with Crippen LogP contribution < -0.4 is 5.32 Å². The molecular weight excluding hydrogens is 232 g/mol. The van der Waals surface area contributed by atoms with Crippen molar-refractivity contribution < 1.29 is 0 Å². The minimum Gasteiger partial charge on any atom is -0.313 e. The lowest BCUT2D eigenvalue weighted by atomic mass is 9.97. The van der Waals surface area contributed by atoms with Gasteiger partial charge < -0.3 is 10.2 Å². The molecule has 1 fully saturated rings. The van der Waals surface area contributed by atoms with E-state index in [1.165, 1.54) is 71.1 Å². The Balaban J connectivity index is 1.76. The highest BCUT2D eigenvalue weighted by Gasteiger charge is 2.18. The van der Waals surface area contributed by atoms with E-state index < -0.39 is 0 Å². The fourth-order valence-corrected chi connectivity index (χ4v) is 3.44. The van der Waals surface area contributed by atoms with Crippen molar-refractivity contribution in [2.24, 2.45) is 5.92 Å². The van der Waals surface area contributed by atoms with Gasteiger partial charge in [-0.2, -0.15) is 0 Å². The van der Waals surface area contributed by atoms with Crippen molar-refractivity contribution in [2.75, 3.05) is 26.2 Å². The SMILES string of the molecule is CC(C)CC1CN(CCC2=CCCCC2)CCCN1.